The minimum absolute atomic E-state index is 0.772. The zero-order valence-electron chi connectivity index (χ0n) is 9.14. The lowest BCUT2D eigenvalue weighted by Crippen LogP contribution is -2.03. The highest BCUT2D eigenvalue weighted by molar-refractivity contribution is 7.98. The summed E-state index contributed by atoms with van der Waals surface area (Å²) in [5.41, 5.74) is 0. The molecule has 0 aliphatic carbocycles. The summed E-state index contributed by atoms with van der Waals surface area (Å²) in [6.45, 7) is 0.772. The van der Waals surface area contributed by atoms with Gasteiger partial charge in [0.25, 0.3) is 0 Å². The number of hydrogen-bond acceptors (Lipinski definition) is 4. The van der Waals surface area contributed by atoms with Gasteiger partial charge < -0.3 is 9.73 Å². The summed E-state index contributed by atoms with van der Waals surface area (Å²) in [5, 5.41) is 4.08. The summed E-state index contributed by atoms with van der Waals surface area (Å²) in [6.07, 6.45) is 1.80. The van der Waals surface area contributed by atoms with E-state index >= 15 is 0 Å². The average Bonchev–Trinajstić information content (AvgIpc) is 2.76. The maximum absolute atomic E-state index is 5.63. The van der Waals surface area contributed by atoms with Gasteiger partial charge >= 0.3 is 0 Å². The molecule has 16 heavy (non-hydrogen) atoms. The van der Waals surface area contributed by atoms with Crippen molar-refractivity contribution in [3.05, 3.63) is 48.0 Å². The Morgan fingerprint density at radius 3 is 2.88 bits per heavy atom. The van der Waals surface area contributed by atoms with Gasteiger partial charge in [-0.2, -0.15) is 0 Å². The predicted octanol–water partition coefficient (Wildman–Crippen LogP) is 2.69. The van der Waals surface area contributed by atoms with E-state index in [2.05, 4.69) is 10.3 Å². The molecule has 0 saturated heterocycles. The van der Waals surface area contributed by atoms with Crippen molar-refractivity contribution in [1.82, 2.24) is 10.3 Å². The molecule has 2 heterocycles. The van der Waals surface area contributed by atoms with Crippen LogP contribution in [-0.2, 0) is 12.3 Å². The number of nitrogens with one attached hydrogen (secondary N) is 1. The van der Waals surface area contributed by atoms with Crippen LogP contribution in [0.15, 0.2) is 46.0 Å². The van der Waals surface area contributed by atoms with Crippen LogP contribution in [0.2, 0.25) is 0 Å². The van der Waals surface area contributed by atoms with Crippen molar-refractivity contribution < 1.29 is 4.42 Å². The van der Waals surface area contributed by atoms with Crippen LogP contribution >= 0.6 is 11.8 Å². The molecule has 0 aliphatic rings. The molecule has 0 amide bonds. The summed E-state index contributed by atoms with van der Waals surface area (Å²) >= 11 is 1.68. The third-order valence-corrected chi connectivity index (χ3v) is 3.03. The highest BCUT2D eigenvalue weighted by atomic mass is 32.2. The Labute approximate surface area is 99.3 Å². The van der Waals surface area contributed by atoms with Crippen molar-refractivity contribution in [3.8, 4) is 0 Å². The van der Waals surface area contributed by atoms with E-state index in [0.29, 0.717) is 0 Å². The molecule has 2 aromatic heterocycles. The fourth-order valence-electron chi connectivity index (χ4n) is 1.35. The summed E-state index contributed by atoms with van der Waals surface area (Å²) in [6, 6.07) is 9.93. The van der Waals surface area contributed by atoms with Crippen LogP contribution in [0.25, 0.3) is 0 Å². The van der Waals surface area contributed by atoms with E-state index in [1.165, 1.54) is 0 Å². The van der Waals surface area contributed by atoms with Crippen LogP contribution in [-0.4, -0.2) is 12.0 Å². The van der Waals surface area contributed by atoms with E-state index in [0.717, 1.165) is 28.8 Å². The smallest absolute Gasteiger partial charge is 0.117 e. The quantitative estimate of drug-likeness (QED) is 0.807. The maximum atomic E-state index is 5.63. The molecular formula is C12H14N2OS. The zero-order chi connectivity index (χ0) is 11.2. The summed E-state index contributed by atoms with van der Waals surface area (Å²) in [4.78, 5) is 4.25. The number of thioether (sulfide) groups is 1. The van der Waals surface area contributed by atoms with Crippen LogP contribution in [0.1, 0.15) is 11.5 Å². The number of aromatic nitrogens is 1. The molecule has 0 atom stereocenters. The van der Waals surface area contributed by atoms with Crippen LogP contribution in [0.4, 0.5) is 0 Å². The topological polar surface area (TPSA) is 38.1 Å². The van der Waals surface area contributed by atoms with E-state index < -0.39 is 0 Å². The van der Waals surface area contributed by atoms with Crippen LogP contribution in [0, 0.1) is 0 Å². The lowest BCUT2D eigenvalue weighted by Gasteiger charge is -1.98. The molecular weight excluding hydrogens is 220 g/mol. The highest BCUT2D eigenvalue weighted by Crippen LogP contribution is 2.21. The maximum Gasteiger partial charge on any atom is 0.117 e. The van der Waals surface area contributed by atoms with Gasteiger partial charge in [0.05, 0.1) is 17.3 Å². The van der Waals surface area contributed by atoms with Gasteiger partial charge in [-0.05, 0) is 31.3 Å². The number of pyridine rings is 1. The van der Waals surface area contributed by atoms with Gasteiger partial charge in [-0.15, -0.1) is 0 Å². The molecule has 0 fully saturated rings. The van der Waals surface area contributed by atoms with Gasteiger partial charge in [-0.1, -0.05) is 17.8 Å². The second kappa shape index (κ2) is 5.72. The van der Waals surface area contributed by atoms with Gasteiger partial charge in [0, 0.05) is 6.20 Å². The Morgan fingerprint density at radius 1 is 1.25 bits per heavy atom. The average molecular weight is 234 g/mol. The number of furan rings is 1. The normalized spacial score (nSPS) is 10.6. The van der Waals surface area contributed by atoms with Crippen LogP contribution < -0.4 is 5.32 Å². The third kappa shape index (κ3) is 3.12. The number of rotatable bonds is 5. The second-order valence-corrected chi connectivity index (χ2v) is 4.35. The van der Waals surface area contributed by atoms with Crippen molar-refractivity contribution in [2.24, 2.45) is 0 Å². The van der Waals surface area contributed by atoms with Gasteiger partial charge in [-0.25, -0.2) is 4.98 Å². The van der Waals surface area contributed by atoms with E-state index in [1.54, 1.807) is 18.0 Å². The molecule has 3 nitrogen and oxygen atoms in total. The second-order valence-electron chi connectivity index (χ2n) is 3.36. The molecule has 0 aliphatic heterocycles. The van der Waals surface area contributed by atoms with Gasteiger partial charge in [0.15, 0.2) is 0 Å². The first-order valence-electron chi connectivity index (χ1n) is 5.14. The first-order chi connectivity index (χ1) is 7.88. The predicted molar refractivity (Wildman–Crippen MR) is 65.3 cm³/mol. The minimum Gasteiger partial charge on any atom is -0.464 e. The Kier molecular flexibility index (Phi) is 4.02. The van der Waals surface area contributed by atoms with Crippen LogP contribution in [0.3, 0.4) is 0 Å². The van der Waals surface area contributed by atoms with E-state index in [4.69, 9.17) is 4.42 Å². The number of nitrogens with zero attached hydrogens (tertiary/aromatic N) is 1. The van der Waals surface area contributed by atoms with Crippen molar-refractivity contribution in [1.29, 1.82) is 0 Å². The lowest BCUT2D eigenvalue weighted by atomic mass is 10.4. The minimum atomic E-state index is 0.772. The largest absolute Gasteiger partial charge is 0.464 e. The molecule has 2 rings (SSSR count). The third-order valence-electron chi connectivity index (χ3n) is 2.07. The van der Waals surface area contributed by atoms with Crippen molar-refractivity contribution in [2.75, 3.05) is 7.05 Å². The molecule has 0 saturated carbocycles. The van der Waals surface area contributed by atoms with E-state index in [-0.39, 0.29) is 0 Å². The molecule has 2 aromatic rings. The van der Waals surface area contributed by atoms with Crippen LogP contribution in [0.5, 0.6) is 0 Å². The Balaban J connectivity index is 1.89. The Bertz CT molecular complexity index is 428. The van der Waals surface area contributed by atoms with Gasteiger partial charge in [0.1, 0.15) is 11.5 Å². The fraction of sp³-hybridized carbons (Fsp3) is 0.250. The van der Waals surface area contributed by atoms with E-state index in [1.807, 2.05) is 37.4 Å². The molecule has 0 radical (unpaired) electrons. The molecule has 0 bridgehead atoms. The van der Waals surface area contributed by atoms with E-state index in [9.17, 15) is 0 Å². The standard InChI is InChI=1S/C12H14N2OS/c1-13-8-10-5-6-11(15-10)9-16-12-4-2-3-7-14-12/h2-7,13H,8-9H2,1H3. The molecule has 84 valence electrons. The monoisotopic (exact) mass is 234 g/mol. The molecule has 1 N–H and O–H groups in total. The Hall–Kier alpha value is -1.26. The van der Waals surface area contributed by atoms with Crippen molar-refractivity contribution in [3.63, 3.8) is 0 Å². The summed E-state index contributed by atoms with van der Waals surface area (Å²) < 4.78 is 5.63. The summed E-state index contributed by atoms with van der Waals surface area (Å²) in [7, 11) is 1.91. The fourth-order valence-corrected chi connectivity index (χ4v) is 2.10. The van der Waals surface area contributed by atoms with Gasteiger partial charge in [-0.3, -0.25) is 0 Å². The zero-order valence-corrected chi connectivity index (χ0v) is 9.96. The summed E-state index contributed by atoms with van der Waals surface area (Å²) in [5.74, 6) is 2.78. The first kappa shape index (κ1) is 11.2. The van der Waals surface area contributed by atoms with Gasteiger partial charge in [0.2, 0.25) is 0 Å². The first-order valence-corrected chi connectivity index (χ1v) is 6.13. The van der Waals surface area contributed by atoms with Crippen molar-refractivity contribution in [2.45, 2.75) is 17.3 Å². The lowest BCUT2D eigenvalue weighted by molar-refractivity contribution is 0.469. The molecule has 0 spiro atoms. The number of hydrogen-bond donors (Lipinski definition) is 1. The SMILES string of the molecule is CNCc1ccc(CSc2ccccn2)o1. The molecule has 4 heteroatoms. The molecule has 0 aromatic carbocycles. The highest BCUT2D eigenvalue weighted by Gasteiger charge is 2.02. The Morgan fingerprint density at radius 2 is 2.12 bits per heavy atom. The molecule has 0 unspecified atom stereocenters. The van der Waals surface area contributed by atoms with Crippen molar-refractivity contribution >= 4 is 11.8 Å².